The smallest absolute Gasteiger partial charge is 0.306 e. The van der Waals surface area contributed by atoms with Gasteiger partial charge in [0.15, 0.2) is 0 Å². The summed E-state index contributed by atoms with van der Waals surface area (Å²) in [6, 6.07) is 0. The number of rotatable bonds is 35. The number of allylic oxidation sites excluding steroid dienone is 4. The summed E-state index contributed by atoms with van der Waals surface area (Å²) in [6.45, 7) is 4.50. The summed E-state index contributed by atoms with van der Waals surface area (Å²) in [5.74, 6) is -0.758. The molecule has 0 aromatic rings. The SMILES string of the molecule is CCCCC/C=C\C/C=C\CCCCCCCCCCCCCC(=O)OC(CCCCCCCCC)CCCCCC(=O)O. The zero-order chi connectivity index (χ0) is 32.2. The van der Waals surface area contributed by atoms with Crippen molar-refractivity contribution < 1.29 is 19.4 Å². The number of carbonyl (C=O) groups excluding carboxylic acids is 1. The van der Waals surface area contributed by atoms with E-state index in [0.29, 0.717) is 12.8 Å². The Kier molecular flexibility index (Phi) is 34.6. The fourth-order valence-electron chi connectivity index (χ4n) is 5.80. The van der Waals surface area contributed by atoms with Crippen LogP contribution >= 0.6 is 0 Å². The molecule has 0 aliphatic rings. The summed E-state index contributed by atoms with van der Waals surface area (Å²) >= 11 is 0. The van der Waals surface area contributed by atoms with Crippen molar-refractivity contribution in [1.82, 2.24) is 0 Å². The number of unbranched alkanes of at least 4 members (excludes halogenated alkanes) is 22. The van der Waals surface area contributed by atoms with Crippen LogP contribution in [0.25, 0.3) is 0 Å². The van der Waals surface area contributed by atoms with Gasteiger partial charge >= 0.3 is 11.9 Å². The van der Waals surface area contributed by atoms with E-state index in [1.807, 2.05) is 0 Å². The van der Waals surface area contributed by atoms with Crippen LogP contribution in [0.5, 0.6) is 0 Å². The van der Waals surface area contributed by atoms with Gasteiger partial charge < -0.3 is 9.84 Å². The molecule has 0 aliphatic heterocycles. The lowest BCUT2D eigenvalue weighted by Crippen LogP contribution is -2.18. The van der Waals surface area contributed by atoms with E-state index in [0.717, 1.165) is 51.4 Å². The minimum absolute atomic E-state index is 0.00626. The van der Waals surface area contributed by atoms with Gasteiger partial charge in [0, 0.05) is 12.8 Å². The van der Waals surface area contributed by atoms with Crippen molar-refractivity contribution in [2.45, 2.75) is 219 Å². The monoisotopic (exact) mass is 619 g/mol. The van der Waals surface area contributed by atoms with E-state index >= 15 is 0 Å². The number of aliphatic carboxylic acids is 1. The molecule has 1 N–H and O–H groups in total. The molecule has 1 atom stereocenters. The van der Waals surface area contributed by atoms with Crippen LogP contribution in [-0.2, 0) is 14.3 Å². The normalized spacial score (nSPS) is 12.4. The molecule has 0 radical (unpaired) electrons. The molecule has 44 heavy (non-hydrogen) atoms. The molecule has 0 aliphatic carbocycles. The number of esters is 1. The van der Waals surface area contributed by atoms with Gasteiger partial charge in [0.1, 0.15) is 6.10 Å². The topological polar surface area (TPSA) is 63.6 Å². The van der Waals surface area contributed by atoms with Crippen LogP contribution in [0.2, 0.25) is 0 Å². The molecule has 0 fully saturated rings. The van der Waals surface area contributed by atoms with Crippen LogP contribution in [-0.4, -0.2) is 23.1 Å². The van der Waals surface area contributed by atoms with Crippen LogP contribution < -0.4 is 0 Å². The van der Waals surface area contributed by atoms with Gasteiger partial charge in [-0.1, -0.05) is 154 Å². The fourth-order valence-corrected chi connectivity index (χ4v) is 5.80. The first-order chi connectivity index (χ1) is 21.6. The molecule has 0 rings (SSSR count). The minimum atomic E-state index is -0.724. The largest absolute Gasteiger partial charge is 0.481 e. The Labute approximate surface area is 274 Å². The van der Waals surface area contributed by atoms with Gasteiger partial charge in [-0.2, -0.15) is 0 Å². The first-order valence-corrected chi connectivity index (χ1v) is 19.3. The van der Waals surface area contributed by atoms with Gasteiger partial charge in [-0.15, -0.1) is 0 Å². The van der Waals surface area contributed by atoms with Gasteiger partial charge in [0.05, 0.1) is 0 Å². The second kappa shape index (κ2) is 35.9. The number of hydrogen-bond acceptors (Lipinski definition) is 3. The Morgan fingerprint density at radius 2 is 0.886 bits per heavy atom. The Balaban J connectivity index is 3.75. The number of carboxylic acid groups (broad SMARTS) is 1. The Morgan fingerprint density at radius 1 is 0.500 bits per heavy atom. The molecular weight excluding hydrogens is 544 g/mol. The molecule has 0 spiro atoms. The van der Waals surface area contributed by atoms with E-state index in [2.05, 4.69) is 38.2 Å². The predicted molar refractivity (Wildman–Crippen MR) is 190 cm³/mol. The van der Waals surface area contributed by atoms with E-state index < -0.39 is 5.97 Å². The molecule has 0 aromatic carbocycles. The van der Waals surface area contributed by atoms with E-state index in [4.69, 9.17) is 9.84 Å². The molecule has 0 saturated carbocycles. The molecule has 4 heteroatoms. The second-order valence-corrected chi connectivity index (χ2v) is 13.1. The highest BCUT2D eigenvalue weighted by atomic mass is 16.5. The predicted octanol–water partition coefficient (Wildman–Crippen LogP) is 13.2. The van der Waals surface area contributed by atoms with E-state index in [1.165, 1.54) is 128 Å². The molecule has 0 amide bonds. The van der Waals surface area contributed by atoms with Crippen molar-refractivity contribution in [3.05, 3.63) is 24.3 Å². The number of carbonyl (C=O) groups is 2. The van der Waals surface area contributed by atoms with Gasteiger partial charge in [0.2, 0.25) is 0 Å². The first-order valence-electron chi connectivity index (χ1n) is 19.3. The third-order valence-corrected chi connectivity index (χ3v) is 8.68. The summed E-state index contributed by atoms with van der Waals surface area (Å²) in [5, 5.41) is 8.85. The van der Waals surface area contributed by atoms with Crippen molar-refractivity contribution in [3.63, 3.8) is 0 Å². The summed E-state index contributed by atoms with van der Waals surface area (Å²) in [5.41, 5.74) is 0. The molecule has 0 aromatic heterocycles. The van der Waals surface area contributed by atoms with E-state index in [-0.39, 0.29) is 18.5 Å². The van der Waals surface area contributed by atoms with E-state index in [9.17, 15) is 9.59 Å². The van der Waals surface area contributed by atoms with Crippen molar-refractivity contribution in [1.29, 1.82) is 0 Å². The second-order valence-electron chi connectivity index (χ2n) is 13.1. The van der Waals surface area contributed by atoms with Gasteiger partial charge in [-0.25, -0.2) is 0 Å². The summed E-state index contributed by atoms with van der Waals surface area (Å²) in [4.78, 5) is 23.3. The van der Waals surface area contributed by atoms with Crippen LogP contribution in [0.4, 0.5) is 0 Å². The molecule has 0 heterocycles. The highest BCUT2D eigenvalue weighted by Crippen LogP contribution is 2.18. The third kappa shape index (κ3) is 34.9. The maximum Gasteiger partial charge on any atom is 0.306 e. The molecule has 0 saturated heterocycles. The standard InChI is InChI=1S/C40H74O4/c1-3-5-7-9-11-12-13-14-15-16-17-18-19-20-21-22-23-24-26-28-33-37-40(43)44-38(35-31-29-32-36-39(41)42)34-30-27-25-10-8-6-4-2/h11-12,14-15,38H,3-10,13,16-37H2,1-2H3,(H,41,42)/b12-11-,15-14-. The van der Waals surface area contributed by atoms with Crippen molar-refractivity contribution in [2.24, 2.45) is 0 Å². The maximum absolute atomic E-state index is 12.5. The lowest BCUT2D eigenvalue weighted by atomic mass is 10.0. The average Bonchev–Trinajstić information content (AvgIpc) is 3.00. The Morgan fingerprint density at radius 3 is 1.41 bits per heavy atom. The Hall–Kier alpha value is -1.58. The maximum atomic E-state index is 12.5. The van der Waals surface area contributed by atoms with Crippen molar-refractivity contribution in [3.8, 4) is 0 Å². The van der Waals surface area contributed by atoms with Crippen molar-refractivity contribution >= 4 is 11.9 Å². The molecule has 258 valence electrons. The summed E-state index contributed by atoms with van der Waals surface area (Å²) < 4.78 is 5.91. The summed E-state index contributed by atoms with van der Waals surface area (Å²) in [7, 11) is 0. The van der Waals surface area contributed by atoms with E-state index in [1.54, 1.807) is 0 Å². The van der Waals surface area contributed by atoms with Crippen LogP contribution in [0.15, 0.2) is 24.3 Å². The molecular formula is C40H74O4. The van der Waals surface area contributed by atoms with Gasteiger partial charge in [-0.05, 0) is 70.6 Å². The van der Waals surface area contributed by atoms with Crippen LogP contribution in [0.3, 0.4) is 0 Å². The Bertz CT molecular complexity index is 668. The zero-order valence-corrected chi connectivity index (χ0v) is 29.5. The van der Waals surface area contributed by atoms with Gasteiger partial charge in [-0.3, -0.25) is 9.59 Å². The molecule has 1 unspecified atom stereocenters. The first kappa shape index (κ1) is 42.4. The average molecular weight is 619 g/mol. The zero-order valence-electron chi connectivity index (χ0n) is 29.5. The lowest BCUT2D eigenvalue weighted by molar-refractivity contribution is -0.150. The van der Waals surface area contributed by atoms with Crippen LogP contribution in [0, 0.1) is 0 Å². The number of carboxylic acids is 1. The number of ether oxygens (including phenoxy) is 1. The lowest BCUT2D eigenvalue weighted by Gasteiger charge is -2.18. The van der Waals surface area contributed by atoms with Crippen molar-refractivity contribution in [2.75, 3.05) is 0 Å². The molecule has 0 bridgehead atoms. The van der Waals surface area contributed by atoms with Gasteiger partial charge in [0.25, 0.3) is 0 Å². The third-order valence-electron chi connectivity index (χ3n) is 8.68. The fraction of sp³-hybridized carbons (Fsp3) is 0.850. The summed E-state index contributed by atoms with van der Waals surface area (Å²) in [6.07, 6.45) is 44.9. The van der Waals surface area contributed by atoms with Crippen LogP contribution in [0.1, 0.15) is 213 Å². The minimum Gasteiger partial charge on any atom is -0.481 e. The highest BCUT2D eigenvalue weighted by molar-refractivity contribution is 5.69. The highest BCUT2D eigenvalue weighted by Gasteiger charge is 2.14. The quantitative estimate of drug-likeness (QED) is 0.0436. The number of hydrogen-bond donors (Lipinski definition) is 1. The molecule has 4 nitrogen and oxygen atoms in total.